The minimum atomic E-state index is -4.82. The molecule has 4 aromatic rings. The first-order valence-corrected chi connectivity index (χ1v) is 15.8. The minimum absolute atomic E-state index is 0.0493. The first kappa shape index (κ1) is 32.5. The quantitative estimate of drug-likeness (QED) is 0.206. The Kier molecular flexibility index (Phi) is 10.2. The van der Waals surface area contributed by atoms with Gasteiger partial charge in [0, 0.05) is 50.5 Å². The van der Waals surface area contributed by atoms with Gasteiger partial charge in [-0.25, -0.2) is 4.98 Å². The summed E-state index contributed by atoms with van der Waals surface area (Å²) in [6, 6.07) is 14.6. The molecule has 3 aromatic heterocycles. The Bertz CT molecular complexity index is 1590. The largest absolute Gasteiger partial charge is 0.435 e. The Morgan fingerprint density at radius 3 is 2.51 bits per heavy atom. The third-order valence-corrected chi connectivity index (χ3v) is 8.76. The predicted octanol–water partition coefficient (Wildman–Crippen LogP) is 6.75. The minimum Gasteiger partial charge on any atom is -0.372 e. The Balaban J connectivity index is 1.38. The number of carbonyl (C=O) groups excluding carboxylic acids is 1. The van der Waals surface area contributed by atoms with Gasteiger partial charge in [0.1, 0.15) is 15.6 Å². The number of rotatable bonds is 10. The fourth-order valence-corrected chi connectivity index (χ4v) is 6.54. The molecule has 0 spiro atoms. The van der Waals surface area contributed by atoms with Crippen molar-refractivity contribution in [1.82, 2.24) is 25.2 Å². The van der Waals surface area contributed by atoms with Crippen molar-refractivity contribution >= 4 is 22.9 Å². The van der Waals surface area contributed by atoms with Crippen LogP contribution < -0.4 is 10.2 Å². The van der Waals surface area contributed by atoms with Crippen LogP contribution in [-0.4, -0.2) is 57.6 Å². The maximum Gasteiger partial charge on any atom is 0.435 e. The van der Waals surface area contributed by atoms with E-state index in [1.807, 2.05) is 63.2 Å². The molecule has 45 heavy (non-hydrogen) atoms. The lowest BCUT2D eigenvalue weighted by molar-refractivity contribution is -0.141. The second-order valence-electron chi connectivity index (χ2n) is 11.3. The number of carbonyl (C=O) groups is 1. The van der Waals surface area contributed by atoms with Gasteiger partial charge in [-0.1, -0.05) is 25.1 Å². The summed E-state index contributed by atoms with van der Waals surface area (Å²) in [5.41, 5.74) is 2.66. The van der Waals surface area contributed by atoms with Crippen molar-refractivity contribution in [3.63, 3.8) is 0 Å². The molecule has 5 rings (SSSR count). The summed E-state index contributed by atoms with van der Waals surface area (Å²) in [6.07, 6.45) is 0.297. The molecule has 1 aliphatic heterocycles. The molecular weight excluding hydrogens is 601 g/mol. The SMILES string of the molecule is CCN(Cc1ccncc1)Cc1cccnc1-c1nc(C(F)(F)F)c(C(=O)N[C@@H](C)c2cccc(N3C[C@@H](C)O[C@@H](C)C3)c2)s1. The number of nitrogens with one attached hydrogen (secondary N) is 1. The van der Waals surface area contributed by atoms with E-state index in [0.717, 1.165) is 35.5 Å². The average Bonchev–Trinajstić information content (AvgIpc) is 3.48. The van der Waals surface area contributed by atoms with E-state index in [4.69, 9.17) is 4.74 Å². The summed E-state index contributed by atoms with van der Waals surface area (Å²) in [7, 11) is 0. The highest BCUT2D eigenvalue weighted by atomic mass is 32.1. The van der Waals surface area contributed by atoms with Gasteiger partial charge in [0.05, 0.1) is 18.2 Å². The number of pyridine rings is 2. The molecule has 1 aliphatic rings. The molecule has 1 fully saturated rings. The van der Waals surface area contributed by atoms with E-state index in [9.17, 15) is 18.0 Å². The summed E-state index contributed by atoms with van der Waals surface area (Å²) in [5, 5.41) is 2.82. The van der Waals surface area contributed by atoms with E-state index in [1.54, 1.807) is 25.4 Å². The van der Waals surface area contributed by atoms with Crippen LogP contribution in [0, 0.1) is 0 Å². The third kappa shape index (κ3) is 8.05. The van der Waals surface area contributed by atoms with Gasteiger partial charge in [-0.2, -0.15) is 13.2 Å². The van der Waals surface area contributed by atoms with Crippen molar-refractivity contribution in [2.75, 3.05) is 24.5 Å². The number of anilines is 1. The molecule has 0 aliphatic carbocycles. The van der Waals surface area contributed by atoms with Crippen molar-refractivity contribution in [3.8, 4) is 10.7 Å². The summed E-state index contributed by atoms with van der Waals surface area (Å²) < 4.78 is 48.6. The van der Waals surface area contributed by atoms with Crippen molar-refractivity contribution < 1.29 is 22.7 Å². The summed E-state index contributed by atoms with van der Waals surface area (Å²) in [6.45, 7) is 11.1. The smallest absolute Gasteiger partial charge is 0.372 e. The van der Waals surface area contributed by atoms with Crippen LogP contribution in [0.4, 0.5) is 18.9 Å². The fraction of sp³-hybridized carbons (Fsp3) is 0.394. The summed E-state index contributed by atoms with van der Waals surface area (Å²) in [4.78, 5) is 29.7. The molecule has 238 valence electrons. The fourth-order valence-electron chi connectivity index (χ4n) is 5.52. The number of alkyl halides is 3. The van der Waals surface area contributed by atoms with Gasteiger partial charge in [0.15, 0.2) is 5.69 Å². The number of hydrogen-bond acceptors (Lipinski definition) is 8. The van der Waals surface area contributed by atoms with Crippen LogP contribution in [0.2, 0.25) is 0 Å². The zero-order chi connectivity index (χ0) is 32.1. The molecule has 3 atom stereocenters. The highest BCUT2D eigenvalue weighted by Gasteiger charge is 2.40. The highest BCUT2D eigenvalue weighted by Crippen LogP contribution is 2.38. The van der Waals surface area contributed by atoms with Crippen molar-refractivity contribution in [3.05, 3.63) is 94.4 Å². The molecule has 0 bridgehead atoms. The molecule has 4 heterocycles. The number of halogens is 3. The number of ether oxygens (including phenoxy) is 1. The Morgan fingerprint density at radius 1 is 1.09 bits per heavy atom. The van der Waals surface area contributed by atoms with E-state index < -0.39 is 28.7 Å². The maximum absolute atomic E-state index is 14.2. The standard InChI is InChI=1S/C33H37F3N6O2S/c1-5-41(19-24-11-14-37-15-12-24)20-26-9-7-13-38-28(26)32-40-30(33(34,35)36)29(45-32)31(43)39-23(4)25-8-6-10-27(16-25)42-17-21(2)44-22(3)18-42/h6-16,21-23H,5,17-20H2,1-4H3,(H,39,43)/t21-,22+,23-/m0/s1. The van der Waals surface area contributed by atoms with Crippen molar-refractivity contribution in [1.29, 1.82) is 0 Å². The lowest BCUT2D eigenvalue weighted by atomic mass is 10.1. The van der Waals surface area contributed by atoms with Gasteiger partial charge in [-0.3, -0.25) is 19.7 Å². The van der Waals surface area contributed by atoms with E-state index >= 15 is 0 Å². The Labute approximate surface area is 265 Å². The van der Waals surface area contributed by atoms with Gasteiger partial charge in [0.25, 0.3) is 5.91 Å². The van der Waals surface area contributed by atoms with Crippen LogP contribution in [0.3, 0.4) is 0 Å². The Morgan fingerprint density at radius 2 is 1.82 bits per heavy atom. The molecular formula is C33H37F3N6O2S. The van der Waals surface area contributed by atoms with Crippen molar-refractivity contribution in [2.45, 2.75) is 65.2 Å². The zero-order valence-electron chi connectivity index (χ0n) is 25.7. The van der Waals surface area contributed by atoms with E-state index in [-0.39, 0.29) is 17.2 Å². The van der Waals surface area contributed by atoms with Gasteiger partial charge >= 0.3 is 6.18 Å². The topological polar surface area (TPSA) is 83.5 Å². The molecule has 0 saturated carbocycles. The first-order valence-electron chi connectivity index (χ1n) is 15.0. The second kappa shape index (κ2) is 14.1. The maximum atomic E-state index is 14.2. The zero-order valence-corrected chi connectivity index (χ0v) is 26.5. The number of aromatic nitrogens is 3. The second-order valence-corrected chi connectivity index (χ2v) is 12.3. The highest BCUT2D eigenvalue weighted by molar-refractivity contribution is 7.17. The van der Waals surface area contributed by atoms with Crippen LogP contribution in [0.5, 0.6) is 0 Å². The molecule has 1 N–H and O–H groups in total. The number of hydrogen-bond donors (Lipinski definition) is 1. The summed E-state index contributed by atoms with van der Waals surface area (Å²) in [5.74, 6) is -0.831. The lowest BCUT2D eigenvalue weighted by Crippen LogP contribution is -2.45. The number of morpholine rings is 1. The van der Waals surface area contributed by atoms with E-state index in [0.29, 0.717) is 36.7 Å². The molecule has 1 amide bonds. The van der Waals surface area contributed by atoms with Gasteiger partial charge in [-0.05, 0) is 74.3 Å². The number of benzene rings is 1. The number of thiazole rings is 1. The lowest BCUT2D eigenvalue weighted by Gasteiger charge is -2.37. The molecule has 1 saturated heterocycles. The monoisotopic (exact) mass is 638 g/mol. The van der Waals surface area contributed by atoms with Crippen LogP contribution in [0.1, 0.15) is 65.8 Å². The van der Waals surface area contributed by atoms with Gasteiger partial charge in [0.2, 0.25) is 0 Å². The average molecular weight is 639 g/mol. The molecule has 0 unspecified atom stereocenters. The summed E-state index contributed by atoms with van der Waals surface area (Å²) >= 11 is 0.709. The van der Waals surface area contributed by atoms with Crippen LogP contribution in [0.15, 0.2) is 67.1 Å². The molecule has 1 aromatic carbocycles. The third-order valence-electron chi connectivity index (χ3n) is 7.70. The Hall–Kier alpha value is -3.87. The van der Waals surface area contributed by atoms with Crippen LogP contribution >= 0.6 is 11.3 Å². The molecule has 0 radical (unpaired) electrons. The van der Waals surface area contributed by atoms with E-state index in [2.05, 4.69) is 30.1 Å². The van der Waals surface area contributed by atoms with Crippen molar-refractivity contribution in [2.24, 2.45) is 0 Å². The number of amides is 1. The van der Waals surface area contributed by atoms with Gasteiger partial charge in [-0.15, -0.1) is 11.3 Å². The predicted molar refractivity (Wildman–Crippen MR) is 169 cm³/mol. The normalized spacial score (nSPS) is 17.8. The molecule has 12 heteroatoms. The van der Waals surface area contributed by atoms with Crippen LogP contribution in [0.25, 0.3) is 10.7 Å². The van der Waals surface area contributed by atoms with Gasteiger partial charge < -0.3 is 15.0 Å². The number of nitrogens with zero attached hydrogens (tertiary/aromatic N) is 5. The molecule has 8 nitrogen and oxygen atoms in total. The van der Waals surface area contributed by atoms with E-state index in [1.165, 1.54) is 6.20 Å². The first-order chi connectivity index (χ1) is 21.5. The van der Waals surface area contributed by atoms with Crippen LogP contribution in [-0.2, 0) is 24.0 Å².